The van der Waals surface area contributed by atoms with Crippen LogP contribution >= 0.6 is 0 Å². The first kappa shape index (κ1) is 14.7. The van der Waals surface area contributed by atoms with Crippen molar-refractivity contribution in [3.05, 3.63) is 24.3 Å². The van der Waals surface area contributed by atoms with E-state index in [1.54, 1.807) is 0 Å². The summed E-state index contributed by atoms with van der Waals surface area (Å²) < 4.78 is 0. The number of rotatable bonds is 5. The van der Waals surface area contributed by atoms with E-state index in [2.05, 4.69) is 53.2 Å². The fourth-order valence-electron chi connectivity index (χ4n) is 3.95. The van der Waals surface area contributed by atoms with Crippen molar-refractivity contribution < 1.29 is 0 Å². The zero-order valence-corrected chi connectivity index (χ0v) is 13.5. The molecule has 0 aromatic heterocycles. The maximum atomic E-state index is 3.75. The SMILES string of the molecule is CCN(CC)c1ccc(NC2CCN3CCCC3C2)cc1. The van der Waals surface area contributed by atoms with Crippen LogP contribution in [0.5, 0.6) is 0 Å². The molecule has 2 aliphatic rings. The number of hydrogen-bond donors (Lipinski definition) is 1. The Hall–Kier alpha value is -1.22. The van der Waals surface area contributed by atoms with Gasteiger partial charge in [-0.2, -0.15) is 0 Å². The molecular formula is C18H29N3. The van der Waals surface area contributed by atoms with Crippen LogP contribution in [0, 0.1) is 0 Å². The summed E-state index contributed by atoms with van der Waals surface area (Å²) in [6, 6.07) is 10.5. The summed E-state index contributed by atoms with van der Waals surface area (Å²) in [5, 5.41) is 3.75. The fraction of sp³-hybridized carbons (Fsp3) is 0.667. The van der Waals surface area contributed by atoms with Gasteiger partial charge in [-0.25, -0.2) is 0 Å². The first-order valence-corrected chi connectivity index (χ1v) is 8.65. The standard InChI is InChI=1S/C18H29N3/c1-3-20(4-2)17-9-7-15(8-10-17)19-16-11-13-21-12-5-6-18(21)14-16/h7-10,16,18-19H,3-6,11-14H2,1-2H3. The van der Waals surface area contributed by atoms with Crippen molar-refractivity contribution in [1.29, 1.82) is 0 Å². The Morgan fingerprint density at radius 2 is 1.86 bits per heavy atom. The lowest BCUT2D eigenvalue weighted by molar-refractivity contribution is 0.188. The van der Waals surface area contributed by atoms with E-state index in [9.17, 15) is 0 Å². The van der Waals surface area contributed by atoms with E-state index in [1.165, 1.54) is 50.1 Å². The number of fused-ring (bicyclic) bond motifs is 1. The Bertz CT molecular complexity index is 438. The molecule has 3 heteroatoms. The molecule has 0 aliphatic carbocycles. The topological polar surface area (TPSA) is 18.5 Å². The largest absolute Gasteiger partial charge is 0.382 e. The predicted molar refractivity (Wildman–Crippen MR) is 91.2 cm³/mol. The Balaban J connectivity index is 1.58. The van der Waals surface area contributed by atoms with Gasteiger partial charge in [0.15, 0.2) is 0 Å². The summed E-state index contributed by atoms with van der Waals surface area (Å²) in [4.78, 5) is 5.07. The van der Waals surface area contributed by atoms with Crippen molar-refractivity contribution in [2.45, 2.75) is 51.6 Å². The lowest BCUT2D eigenvalue weighted by Crippen LogP contribution is -2.42. The molecule has 2 heterocycles. The van der Waals surface area contributed by atoms with Gasteiger partial charge in [0.2, 0.25) is 0 Å². The summed E-state index contributed by atoms with van der Waals surface area (Å²) >= 11 is 0. The Morgan fingerprint density at radius 1 is 1.10 bits per heavy atom. The number of nitrogens with zero attached hydrogens (tertiary/aromatic N) is 2. The van der Waals surface area contributed by atoms with Gasteiger partial charge in [-0.05, 0) is 70.3 Å². The first-order chi connectivity index (χ1) is 10.3. The molecule has 0 amide bonds. The molecule has 0 radical (unpaired) electrons. The van der Waals surface area contributed by atoms with Crippen molar-refractivity contribution in [3.8, 4) is 0 Å². The molecule has 0 bridgehead atoms. The number of nitrogens with one attached hydrogen (secondary N) is 1. The second-order valence-corrected chi connectivity index (χ2v) is 6.42. The molecule has 2 saturated heterocycles. The number of anilines is 2. The van der Waals surface area contributed by atoms with E-state index in [1.807, 2.05) is 0 Å². The summed E-state index contributed by atoms with van der Waals surface area (Å²) in [6.07, 6.45) is 5.40. The predicted octanol–water partition coefficient (Wildman–Crippen LogP) is 3.57. The van der Waals surface area contributed by atoms with E-state index in [0.717, 1.165) is 19.1 Å². The quantitative estimate of drug-likeness (QED) is 0.893. The second kappa shape index (κ2) is 6.69. The molecule has 21 heavy (non-hydrogen) atoms. The molecule has 3 rings (SSSR count). The minimum absolute atomic E-state index is 0.656. The Morgan fingerprint density at radius 3 is 2.57 bits per heavy atom. The zero-order chi connectivity index (χ0) is 14.7. The van der Waals surface area contributed by atoms with Crippen LogP contribution in [0.3, 0.4) is 0 Å². The first-order valence-electron chi connectivity index (χ1n) is 8.65. The third-order valence-electron chi connectivity index (χ3n) is 5.19. The van der Waals surface area contributed by atoms with Crippen LogP contribution in [0.25, 0.3) is 0 Å². The second-order valence-electron chi connectivity index (χ2n) is 6.42. The maximum Gasteiger partial charge on any atom is 0.0367 e. The van der Waals surface area contributed by atoms with Crippen LogP contribution in [0.15, 0.2) is 24.3 Å². The third kappa shape index (κ3) is 3.34. The van der Waals surface area contributed by atoms with Gasteiger partial charge in [-0.3, -0.25) is 0 Å². The minimum atomic E-state index is 0.656. The lowest BCUT2D eigenvalue weighted by Gasteiger charge is -2.35. The average Bonchev–Trinajstić information content (AvgIpc) is 2.98. The van der Waals surface area contributed by atoms with Gasteiger partial charge < -0.3 is 15.1 Å². The monoisotopic (exact) mass is 287 g/mol. The van der Waals surface area contributed by atoms with Crippen LogP contribution < -0.4 is 10.2 Å². The van der Waals surface area contributed by atoms with Crippen molar-refractivity contribution >= 4 is 11.4 Å². The zero-order valence-electron chi connectivity index (χ0n) is 13.5. The van der Waals surface area contributed by atoms with Crippen LogP contribution in [0.2, 0.25) is 0 Å². The summed E-state index contributed by atoms with van der Waals surface area (Å²) in [6.45, 7) is 9.18. The normalized spacial score (nSPS) is 25.6. The number of benzene rings is 1. The highest BCUT2D eigenvalue weighted by atomic mass is 15.2. The lowest BCUT2D eigenvalue weighted by atomic mass is 9.97. The molecule has 2 unspecified atom stereocenters. The van der Waals surface area contributed by atoms with E-state index < -0.39 is 0 Å². The highest BCUT2D eigenvalue weighted by Gasteiger charge is 2.31. The molecule has 116 valence electrons. The summed E-state index contributed by atoms with van der Waals surface area (Å²) in [7, 11) is 0. The van der Waals surface area contributed by atoms with Crippen molar-refractivity contribution in [3.63, 3.8) is 0 Å². The summed E-state index contributed by atoms with van der Waals surface area (Å²) in [5.41, 5.74) is 2.61. The van der Waals surface area contributed by atoms with Crippen LogP contribution in [-0.4, -0.2) is 43.2 Å². The maximum absolute atomic E-state index is 3.75. The smallest absolute Gasteiger partial charge is 0.0367 e. The molecule has 0 saturated carbocycles. The van der Waals surface area contributed by atoms with E-state index in [-0.39, 0.29) is 0 Å². The van der Waals surface area contributed by atoms with Gasteiger partial charge in [-0.1, -0.05) is 0 Å². The molecule has 0 spiro atoms. The fourth-order valence-corrected chi connectivity index (χ4v) is 3.95. The third-order valence-corrected chi connectivity index (χ3v) is 5.19. The van der Waals surface area contributed by atoms with Crippen molar-refractivity contribution in [2.75, 3.05) is 36.4 Å². The number of piperidine rings is 1. The Labute approximate surface area is 129 Å². The van der Waals surface area contributed by atoms with Crippen LogP contribution in [0.1, 0.15) is 39.5 Å². The van der Waals surface area contributed by atoms with Crippen LogP contribution in [0.4, 0.5) is 11.4 Å². The van der Waals surface area contributed by atoms with E-state index in [4.69, 9.17) is 0 Å². The molecule has 1 aromatic carbocycles. The highest BCUT2D eigenvalue weighted by molar-refractivity contribution is 5.55. The van der Waals surface area contributed by atoms with Gasteiger partial charge in [0, 0.05) is 43.1 Å². The molecule has 1 N–H and O–H groups in total. The van der Waals surface area contributed by atoms with Gasteiger partial charge >= 0.3 is 0 Å². The molecule has 2 atom stereocenters. The van der Waals surface area contributed by atoms with Crippen molar-refractivity contribution in [1.82, 2.24) is 4.90 Å². The molecule has 2 aliphatic heterocycles. The number of hydrogen-bond acceptors (Lipinski definition) is 3. The van der Waals surface area contributed by atoms with E-state index in [0.29, 0.717) is 6.04 Å². The Kier molecular flexibility index (Phi) is 4.69. The molecule has 1 aromatic rings. The van der Waals surface area contributed by atoms with Gasteiger partial charge in [0.1, 0.15) is 0 Å². The van der Waals surface area contributed by atoms with E-state index >= 15 is 0 Å². The van der Waals surface area contributed by atoms with Gasteiger partial charge in [-0.15, -0.1) is 0 Å². The molecular weight excluding hydrogens is 258 g/mol. The van der Waals surface area contributed by atoms with Gasteiger partial charge in [0.05, 0.1) is 0 Å². The van der Waals surface area contributed by atoms with Gasteiger partial charge in [0.25, 0.3) is 0 Å². The van der Waals surface area contributed by atoms with Crippen LogP contribution in [-0.2, 0) is 0 Å². The van der Waals surface area contributed by atoms with Crippen molar-refractivity contribution in [2.24, 2.45) is 0 Å². The highest BCUT2D eigenvalue weighted by Crippen LogP contribution is 2.29. The molecule has 2 fully saturated rings. The molecule has 3 nitrogen and oxygen atoms in total. The summed E-state index contributed by atoms with van der Waals surface area (Å²) in [5.74, 6) is 0. The average molecular weight is 287 g/mol. The minimum Gasteiger partial charge on any atom is -0.382 e.